The molecule has 0 bridgehead atoms. The highest BCUT2D eigenvalue weighted by Crippen LogP contribution is 2.24. The first kappa shape index (κ1) is 20.8. The maximum atomic E-state index is 14.0. The first-order valence-electron chi connectivity index (χ1n) is 9.75. The lowest BCUT2D eigenvalue weighted by Gasteiger charge is -2.35. The van der Waals surface area contributed by atoms with Crippen LogP contribution in [0.5, 0.6) is 5.75 Å². The number of rotatable bonds is 6. The molecule has 2 heterocycles. The average Bonchev–Trinajstić information content (AvgIpc) is 3.02. The van der Waals surface area contributed by atoms with Crippen molar-refractivity contribution in [1.82, 2.24) is 19.2 Å². The lowest BCUT2D eigenvalue weighted by Crippen LogP contribution is -2.47. The molecule has 3 aromatic rings. The minimum absolute atomic E-state index is 0.180. The quantitative estimate of drug-likeness (QED) is 0.532. The van der Waals surface area contributed by atoms with Crippen molar-refractivity contribution < 1.29 is 9.13 Å². The van der Waals surface area contributed by atoms with E-state index in [0.29, 0.717) is 27.9 Å². The molecule has 1 aromatic heterocycles. The molecule has 0 atom stereocenters. The van der Waals surface area contributed by atoms with E-state index < -0.39 is 0 Å². The summed E-state index contributed by atoms with van der Waals surface area (Å²) in [5.74, 6) is 1.16. The van der Waals surface area contributed by atoms with Gasteiger partial charge < -0.3 is 14.2 Å². The molecule has 4 rings (SSSR count). The minimum Gasteiger partial charge on any atom is -0.484 e. The number of anilines is 1. The van der Waals surface area contributed by atoms with E-state index in [9.17, 15) is 4.39 Å². The van der Waals surface area contributed by atoms with Crippen LogP contribution in [-0.4, -0.2) is 45.4 Å². The summed E-state index contributed by atoms with van der Waals surface area (Å²) in [4.78, 5) is 4.34. The highest BCUT2D eigenvalue weighted by molar-refractivity contribution is 7.71. The average molecular weight is 448 g/mol. The van der Waals surface area contributed by atoms with E-state index in [1.54, 1.807) is 16.8 Å². The summed E-state index contributed by atoms with van der Waals surface area (Å²) in [7, 11) is 1.88. The van der Waals surface area contributed by atoms with Crippen LogP contribution < -0.4 is 9.64 Å². The van der Waals surface area contributed by atoms with Crippen molar-refractivity contribution in [2.75, 3.05) is 31.1 Å². The zero-order valence-corrected chi connectivity index (χ0v) is 18.2. The molecule has 0 saturated carbocycles. The predicted molar refractivity (Wildman–Crippen MR) is 118 cm³/mol. The standard InChI is InChI=1S/C21H23ClFN5OS/c1-25-20(14-29-19-9-5-2-6-16(19)22)24-28(21(25)30)15-26-10-12-27(13-11-26)18-8-4-3-7-17(18)23/h2-9H,10-15H2,1H3. The monoisotopic (exact) mass is 447 g/mol. The normalized spacial score (nSPS) is 14.8. The molecule has 0 amide bonds. The van der Waals surface area contributed by atoms with Gasteiger partial charge >= 0.3 is 0 Å². The van der Waals surface area contributed by atoms with E-state index in [1.165, 1.54) is 6.07 Å². The Morgan fingerprint density at radius 2 is 1.77 bits per heavy atom. The summed E-state index contributed by atoms with van der Waals surface area (Å²) in [6.07, 6.45) is 0. The fourth-order valence-electron chi connectivity index (χ4n) is 3.48. The lowest BCUT2D eigenvalue weighted by molar-refractivity contribution is 0.192. The van der Waals surface area contributed by atoms with Crippen molar-refractivity contribution >= 4 is 29.5 Å². The number of benzene rings is 2. The molecule has 1 aliphatic heterocycles. The zero-order valence-electron chi connectivity index (χ0n) is 16.7. The zero-order chi connectivity index (χ0) is 21.1. The van der Waals surface area contributed by atoms with Crippen LogP contribution in [0, 0.1) is 10.6 Å². The molecule has 30 heavy (non-hydrogen) atoms. The smallest absolute Gasteiger partial charge is 0.198 e. The predicted octanol–water partition coefficient (Wildman–Crippen LogP) is 4.10. The van der Waals surface area contributed by atoms with Gasteiger partial charge in [-0.3, -0.25) is 4.90 Å². The van der Waals surface area contributed by atoms with Crippen LogP contribution in [0.15, 0.2) is 48.5 Å². The molecule has 158 valence electrons. The van der Waals surface area contributed by atoms with E-state index >= 15 is 0 Å². The Bertz CT molecular complexity index is 1080. The van der Waals surface area contributed by atoms with Gasteiger partial charge in [0.2, 0.25) is 0 Å². The molecule has 1 saturated heterocycles. The van der Waals surface area contributed by atoms with Gasteiger partial charge in [-0.2, -0.15) is 5.10 Å². The van der Waals surface area contributed by atoms with Gasteiger partial charge in [-0.05, 0) is 36.5 Å². The fraction of sp³-hybridized carbons (Fsp3) is 0.333. The third-order valence-corrected chi connectivity index (χ3v) is 6.02. The van der Waals surface area contributed by atoms with Crippen LogP contribution in [0.3, 0.4) is 0 Å². The Labute approximate surface area is 185 Å². The molecule has 1 aliphatic rings. The number of para-hydroxylation sites is 2. The largest absolute Gasteiger partial charge is 0.484 e. The van der Waals surface area contributed by atoms with E-state index in [1.807, 2.05) is 41.9 Å². The summed E-state index contributed by atoms with van der Waals surface area (Å²) >= 11 is 11.7. The number of halogens is 2. The molecule has 9 heteroatoms. The van der Waals surface area contributed by atoms with Gasteiger partial charge in [0.25, 0.3) is 0 Å². The second-order valence-corrected chi connectivity index (χ2v) is 7.95. The molecule has 0 unspecified atom stereocenters. The molecular weight excluding hydrogens is 425 g/mol. The highest BCUT2D eigenvalue weighted by atomic mass is 35.5. The van der Waals surface area contributed by atoms with Crippen LogP contribution in [0.4, 0.5) is 10.1 Å². The molecule has 1 fully saturated rings. The first-order chi connectivity index (χ1) is 14.5. The Kier molecular flexibility index (Phi) is 6.36. The summed E-state index contributed by atoms with van der Waals surface area (Å²) in [5, 5.41) is 5.19. The molecule has 0 N–H and O–H groups in total. The van der Waals surface area contributed by atoms with Crippen molar-refractivity contribution in [3.63, 3.8) is 0 Å². The third-order valence-electron chi connectivity index (χ3n) is 5.22. The van der Waals surface area contributed by atoms with Gasteiger partial charge in [-0.1, -0.05) is 35.9 Å². The maximum Gasteiger partial charge on any atom is 0.198 e. The Morgan fingerprint density at radius 1 is 1.07 bits per heavy atom. The minimum atomic E-state index is -0.180. The third kappa shape index (κ3) is 4.50. The fourth-order valence-corrected chi connectivity index (χ4v) is 3.88. The molecule has 0 spiro atoms. The van der Waals surface area contributed by atoms with Crippen LogP contribution in [0.1, 0.15) is 5.82 Å². The summed E-state index contributed by atoms with van der Waals surface area (Å²) in [5.41, 5.74) is 0.658. The molecule has 2 aromatic carbocycles. The maximum absolute atomic E-state index is 14.0. The van der Waals surface area contributed by atoms with E-state index in [-0.39, 0.29) is 12.4 Å². The van der Waals surface area contributed by atoms with Crippen LogP contribution in [0.25, 0.3) is 0 Å². The topological polar surface area (TPSA) is 38.5 Å². The summed E-state index contributed by atoms with van der Waals surface area (Å²) in [6.45, 7) is 3.98. The van der Waals surface area contributed by atoms with E-state index in [4.69, 9.17) is 28.6 Å². The Morgan fingerprint density at radius 3 is 2.50 bits per heavy atom. The number of ether oxygens (including phenoxy) is 1. The van der Waals surface area contributed by atoms with Crippen molar-refractivity contribution in [3.8, 4) is 5.75 Å². The van der Waals surface area contributed by atoms with Crippen LogP contribution >= 0.6 is 23.8 Å². The lowest BCUT2D eigenvalue weighted by atomic mass is 10.2. The number of piperazine rings is 1. The van der Waals surface area contributed by atoms with Crippen molar-refractivity contribution in [2.24, 2.45) is 7.05 Å². The molecule has 0 aliphatic carbocycles. The van der Waals surface area contributed by atoms with Crippen molar-refractivity contribution in [1.29, 1.82) is 0 Å². The highest BCUT2D eigenvalue weighted by Gasteiger charge is 2.20. The first-order valence-corrected chi connectivity index (χ1v) is 10.5. The van der Waals surface area contributed by atoms with Gasteiger partial charge in [0.1, 0.15) is 18.2 Å². The van der Waals surface area contributed by atoms with Gasteiger partial charge in [0, 0.05) is 33.2 Å². The van der Waals surface area contributed by atoms with Gasteiger partial charge in [0.05, 0.1) is 17.4 Å². The summed E-state index contributed by atoms with van der Waals surface area (Å²) < 4.78 is 24.1. The second kappa shape index (κ2) is 9.16. The van der Waals surface area contributed by atoms with Gasteiger partial charge in [-0.25, -0.2) is 9.07 Å². The van der Waals surface area contributed by atoms with Crippen molar-refractivity contribution in [3.05, 3.63) is 70.0 Å². The number of nitrogens with zero attached hydrogens (tertiary/aromatic N) is 5. The van der Waals surface area contributed by atoms with Crippen LogP contribution in [0.2, 0.25) is 5.02 Å². The number of aromatic nitrogens is 3. The molecule has 0 radical (unpaired) electrons. The Balaban J connectivity index is 1.37. The van der Waals surface area contributed by atoms with Crippen LogP contribution in [-0.2, 0) is 20.3 Å². The molecular formula is C21H23ClFN5OS. The number of hydrogen-bond acceptors (Lipinski definition) is 5. The van der Waals surface area contributed by atoms with Crippen molar-refractivity contribution in [2.45, 2.75) is 13.3 Å². The van der Waals surface area contributed by atoms with E-state index in [2.05, 4.69) is 14.9 Å². The molecule has 6 nitrogen and oxygen atoms in total. The van der Waals surface area contributed by atoms with E-state index in [0.717, 1.165) is 32.0 Å². The number of hydrogen-bond donors (Lipinski definition) is 0. The SMILES string of the molecule is Cn1c(COc2ccccc2Cl)nn(CN2CCN(c3ccccc3F)CC2)c1=S. The van der Waals surface area contributed by atoms with Gasteiger partial charge in [0.15, 0.2) is 10.6 Å². The summed E-state index contributed by atoms with van der Waals surface area (Å²) in [6, 6.07) is 14.2. The Hall–Kier alpha value is -2.42. The second-order valence-electron chi connectivity index (χ2n) is 7.17. The van der Waals surface area contributed by atoms with Gasteiger partial charge in [-0.15, -0.1) is 0 Å².